The van der Waals surface area contributed by atoms with E-state index in [4.69, 9.17) is 15.8 Å². The van der Waals surface area contributed by atoms with Crippen molar-refractivity contribution < 1.29 is 12.6 Å². The second-order valence-electron chi connectivity index (χ2n) is 6.03. The highest BCUT2D eigenvalue weighted by molar-refractivity contribution is 7.87. The third-order valence-electron chi connectivity index (χ3n) is 4.07. The Labute approximate surface area is 161 Å². The number of fused-ring (bicyclic) bond motifs is 1. The van der Waals surface area contributed by atoms with E-state index in [0.717, 1.165) is 5.39 Å². The van der Waals surface area contributed by atoms with E-state index >= 15 is 0 Å². The fourth-order valence-electron chi connectivity index (χ4n) is 2.90. The summed E-state index contributed by atoms with van der Waals surface area (Å²) >= 11 is 6.05. The highest BCUT2D eigenvalue weighted by Gasteiger charge is 2.22. The van der Waals surface area contributed by atoms with Crippen molar-refractivity contribution in [3.05, 3.63) is 83.5 Å². The Morgan fingerprint density at radius 3 is 2.52 bits per heavy atom. The van der Waals surface area contributed by atoms with Gasteiger partial charge in [-0.15, -0.1) is 0 Å². The first-order valence-corrected chi connectivity index (χ1v) is 9.97. The van der Waals surface area contributed by atoms with Crippen LogP contribution in [-0.4, -0.2) is 18.2 Å². The molecule has 4 aromatic rings. The second-order valence-corrected chi connectivity index (χ2v) is 7.98. The van der Waals surface area contributed by atoms with Gasteiger partial charge in [0.2, 0.25) is 5.88 Å². The van der Waals surface area contributed by atoms with Crippen LogP contribution in [0.3, 0.4) is 0 Å². The summed E-state index contributed by atoms with van der Waals surface area (Å²) in [6.45, 7) is 1.76. The Morgan fingerprint density at radius 1 is 0.963 bits per heavy atom. The van der Waals surface area contributed by atoms with Gasteiger partial charge in [0.1, 0.15) is 4.90 Å². The fourth-order valence-corrected chi connectivity index (χ4v) is 4.22. The highest BCUT2D eigenvalue weighted by Crippen LogP contribution is 2.28. The predicted molar refractivity (Wildman–Crippen MR) is 105 cm³/mol. The van der Waals surface area contributed by atoms with Gasteiger partial charge in [-0.2, -0.15) is 18.2 Å². The molecular weight excluding hydrogens is 384 g/mol. The van der Waals surface area contributed by atoms with E-state index in [1.165, 1.54) is 10.7 Å². The molecule has 4 rings (SSSR count). The summed E-state index contributed by atoms with van der Waals surface area (Å²) < 4.78 is 32.9. The topological polar surface area (TPSA) is 61.2 Å². The fraction of sp³-hybridized carbons (Fsp3) is 0.0500. The van der Waals surface area contributed by atoms with Gasteiger partial charge < -0.3 is 4.18 Å². The van der Waals surface area contributed by atoms with Crippen LogP contribution in [0.5, 0.6) is 5.88 Å². The van der Waals surface area contributed by atoms with Crippen LogP contribution in [0.2, 0.25) is 5.02 Å². The zero-order valence-electron chi connectivity index (χ0n) is 14.3. The lowest BCUT2D eigenvalue weighted by molar-refractivity contribution is 0.466. The van der Waals surface area contributed by atoms with Gasteiger partial charge in [0.25, 0.3) is 0 Å². The molecular formula is C20H15ClN2O3S. The zero-order chi connectivity index (χ0) is 19.0. The van der Waals surface area contributed by atoms with Crippen LogP contribution in [0.1, 0.15) is 5.69 Å². The van der Waals surface area contributed by atoms with Gasteiger partial charge in [-0.3, -0.25) is 0 Å². The number of aryl methyl sites for hydroxylation is 1. The van der Waals surface area contributed by atoms with Crippen molar-refractivity contribution in [1.82, 2.24) is 9.78 Å². The SMILES string of the molecule is Cc1cc(OS(=O)(=O)c2cccc3ccccc23)n(-c2cccc(Cl)c2)n1. The number of nitrogens with zero attached hydrogens (tertiary/aromatic N) is 2. The van der Waals surface area contributed by atoms with E-state index in [1.54, 1.807) is 55.5 Å². The number of hydrogen-bond donors (Lipinski definition) is 0. The maximum absolute atomic E-state index is 13.0. The molecule has 1 aromatic heterocycles. The van der Waals surface area contributed by atoms with Crippen LogP contribution in [0.15, 0.2) is 77.7 Å². The maximum atomic E-state index is 13.0. The molecule has 0 aliphatic rings. The molecule has 0 radical (unpaired) electrons. The number of aromatic nitrogens is 2. The minimum atomic E-state index is -4.06. The average Bonchev–Trinajstić information content (AvgIpc) is 3.00. The first-order valence-electron chi connectivity index (χ1n) is 8.19. The monoisotopic (exact) mass is 398 g/mol. The molecule has 0 N–H and O–H groups in total. The largest absolute Gasteiger partial charge is 0.358 e. The zero-order valence-corrected chi connectivity index (χ0v) is 15.9. The van der Waals surface area contributed by atoms with Crippen molar-refractivity contribution in [2.45, 2.75) is 11.8 Å². The van der Waals surface area contributed by atoms with Crippen molar-refractivity contribution >= 4 is 32.5 Å². The molecule has 0 fully saturated rings. The number of hydrogen-bond acceptors (Lipinski definition) is 4. The molecule has 0 bridgehead atoms. The lowest BCUT2D eigenvalue weighted by Gasteiger charge is -2.11. The van der Waals surface area contributed by atoms with Crippen molar-refractivity contribution in [3.8, 4) is 11.6 Å². The summed E-state index contributed by atoms with van der Waals surface area (Å²) in [5.41, 5.74) is 1.23. The van der Waals surface area contributed by atoms with Crippen LogP contribution in [0.4, 0.5) is 0 Å². The van der Waals surface area contributed by atoms with Gasteiger partial charge in [-0.25, -0.2) is 0 Å². The molecule has 5 nitrogen and oxygen atoms in total. The van der Waals surface area contributed by atoms with E-state index in [1.807, 2.05) is 18.2 Å². The van der Waals surface area contributed by atoms with Crippen LogP contribution in [0, 0.1) is 6.92 Å². The summed E-state index contributed by atoms with van der Waals surface area (Å²) in [5.74, 6) is 0.0997. The Hall–Kier alpha value is -2.83. The van der Waals surface area contributed by atoms with Crippen LogP contribution in [0.25, 0.3) is 16.5 Å². The third-order valence-corrected chi connectivity index (χ3v) is 5.59. The van der Waals surface area contributed by atoms with Crippen molar-refractivity contribution in [2.24, 2.45) is 0 Å². The summed E-state index contributed by atoms with van der Waals surface area (Å²) in [7, 11) is -4.06. The van der Waals surface area contributed by atoms with Gasteiger partial charge >= 0.3 is 10.1 Å². The molecule has 0 unspecified atom stereocenters. The maximum Gasteiger partial charge on any atom is 0.341 e. The first kappa shape index (κ1) is 17.6. The van der Waals surface area contributed by atoms with Gasteiger partial charge in [0.15, 0.2) is 0 Å². The average molecular weight is 399 g/mol. The minimum absolute atomic E-state index is 0.0997. The molecule has 1 heterocycles. The van der Waals surface area contributed by atoms with Gasteiger partial charge in [0.05, 0.1) is 11.4 Å². The van der Waals surface area contributed by atoms with Crippen molar-refractivity contribution in [3.63, 3.8) is 0 Å². The molecule has 0 atom stereocenters. The van der Waals surface area contributed by atoms with E-state index in [-0.39, 0.29) is 10.8 Å². The molecule has 3 aromatic carbocycles. The Kier molecular flexibility index (Phi) is 4.37. The smallest absolute Gasteiger partial charge is 0.341 e. The Morgan fingerprint density at radius 2 is 1.70 bits per heavy atom. The normalized spacial score (nSPS) is 11.6. The van der Waals surface area contributed by atoms with E-state index in [9.17, 15) is 8.42 Å². The standard InChI is InChI=1S/C20H15ClN2O3S/c1-14-12-20(23(22-14)17-9-5-8-16(21)13-17)26-27(24,25)19-11-4-7-15-6-2-3-10-18(15)19/h2-13H,1H3. The van der Waals surface area contributed by atoms with E-state index in [2.05, 4.69) is 5.10 Å². The van der Waals surface area contributed by atoms with Crippen LogP contribution in [-0.2, 0) is 10.1 Å². The predicted octanol–water partition coefficient (Wildman–Crippen LogP) is 4.76. The molecule has 136 valence electrons. The molecule has 7 heteroatoms. The summed E-state index contributed by atoms with van der Waals surface area (Å²) in [5, 5.41) is 6.27. The van der Waals surface area contributed by atoms with E-state index < -0.39 is 10.1 Å². The highest BCUT2D eigenvalue weighted by atomic mass is 35.5. The number of rotatable bonds is 4. The molecule has 0 aliphatic heterocycles. The lowest BCUT2D eigenvalue weighted by Crippen LogP contribution is -2.13. The van der Waals surface area contributed by atoms with Gasteiger partial charge in [-0.05, 0) is 36.6 Å². The molecule has 0 saturated carbocycles. The number of halogens is 1. The molecule has 0 aliphatic carbocycles. The van der Waals surface area contributed by atoms with Crippen LogP contribution >= 0.6 is 11.6 Å². The molecule has 0 saturated heterocycles. The second kappa shape index (κ2) is 6.72. The summed E-state index contributed by atoms with van der Waals surface area (Å²) in [6, 6.07) is 20.9. The molecule has 0 spiro atoms. The van der Waals surface area contributed by atoms with Gasteiger partial charge in [0, 0.05) is 16.5 Å². The van der Waals surface area contributed by atoms with Crippen LogP contribution < -0.4 is 4.18 Å². The molecule has 27 heavy (non-hydrogen) atoms. The van der Waals surface area contributed by atoms with Crippen molar-refractivity contribution in [2.75, 3.05) is 0 Å². The first-order chi connectivity index (χ1) is 12.9. The van der Waals surface area contributed by atoms with Crippen molar-refractivity contribution in [1.29, 1.82) is 0 Å². The quantitative estimate of drug-likeness (QED) is 0.465. The Balaban J connectivity index is 1.80. The Bertz CT molecular complexity index is 1240. The lowest BCUT2D eigenvalue weighted by atomic mass is 10.1. The minimum Gasteiger partial charge on any atom is -0.358 e. The van der Waals surface area contributed by atoms with Gasteiger partial charge in [-0.1, -0.05) is 54.1 Å². The van der Waals surface area contributed by atoms with E-state index in [0.29, 0.717) is 21.8 Å². The molecule has 0 amide bonds. The number of benzene rings is 3. The summed E-state index contributed by atoms with van der Waals surface area (Å²) in [4.78, 5) is 0.108. The third kappa shape index (κ3) is 3.41. The summed E-state index contributed by atoms with van der Waals surface area (Å²) in [6.07, 6.45) is 0.